The summed E-state index contributed by atoms with van der Waals surface area (Å²) in [5.41, 5.74) is 1.09. The maximum absolute atomic E-state index is 5.64. The highest BCUT2D eigenvalue weighted by Crippen LogP contribution is 2.33. The van der Waals surface area contributed by atoms with Crippen LogP contribution in [0.2, 0.25) is 0 Å². The second-order valence-electron chi connectivity index (χ2n) is 3.98. The van der Waals surface area contributed by atoms with Gasteiger partial charge in [-0.15, -0.1) is 0 Å². The molecule has 1 aliphatic heterocycles. The number of nitrogens with one attached hydrogen (secondary N) is 2. The highest BCUT2D eigenvalue weighted by Gasteiger charge is 2.14. The second kappa shape index (κ2) is 5.05. The molecule has 0 atom stereocenters. The molecule has 2 aromatic rings. The number of nitrogens with zero attached hydrogens (tertiary/aromatic N) is 2. The van der Waals surface area contributed by atoms with Gasteiger partial charge >= 0.3 is 0 Å². The lowest BCUT2D eigenvalue weighted by Crippen LogP contribution is -2.19. The van der Waals surface area contributed by atoms with Crippen molar-refractivity contribution >= 4 is 0 Å². The maximum atomic E-state index is 5.64. The SMILES string of the molecule is c1cc(CNCc2ncn[nH]2)c2c(c1)OCCO2. The van der Waals surface area contributed by atoms with Crippen LogP contribution in [0.15, 0.2) is 24.5 Å². The molecule has 0 saturated carbocycles. The Bertz CT molecular complexity index is 513. The van der Waals surface area contributed by atoms with Crippen molar-refractivity contribution < 1.29 is 9.47 Å². The van der Waals surface area contributed by atoms with Crippen molar-refractivity contribution in [2.24, 2.45) is 0 Å². The normalized spacial score (nSPS) is 13.6. The summed E-state index contributed by atoms with van der Waals surface area (Å²) in [7, 11) is 0. The largest absolute Gasteiger partial charge is 0.486 e. The molecule has 0 radical (unpaired) electrons. The molecule has 0 bridgehead atoms. The number of benzene rings is 1. The molecule has 0 saturated heterocycles. The molecule has 0 aliphatic carbocycles. The molecule has 94 valence electrons. The third kappa shape index (κ3) is 2.28. The zero-order valence-corrected chi connectivity index (χ0v) is 9.85. The van der Waals surface area contributed by atoms with E-state index in [2.05, 4.69) is 20.5 Å². The van der Waals surface area contributed by atoms with Crippen molar-refractivity contribution in [2.45, 2.75) is 13.1 Å². The molecule has 6 nitrogen and oxygen atoms in total. The van der Waals surface area contributed by atoms with Gasteiger partial charge in [0.05, 0.1) is 6.54 Å². The van der Waals surface area contributed by atoms with E-state index in [4.69, 9.17) is 9.47 Å². The Morgan fingerprint density at radius 1 is 1.22 bits per heavy atom. The average Bonchev–Trinajstić information content (AvgIpc) is 2.92. The first-order chi connectivity index (χ1) is 8.93. The molecular formula is C12H14N4O2. The fraction of sp³-hybridized carbons (Fsp3) is 0.333. The minimum Gasteiger partial charge on any atom is -0.486 e. The van der Waals surface area contributed by atoms with E-state index >= 15 is 0 Å². The Balaban J connectivity index is 1.65. The van der Waals surface area contributed by atoms with E-state index in [1.807, 2.05) is 18.2 Å². The summed E-state index contributed by atoms with van der Waals surface area (Å²) in [6.45, 7) is 2.56. The Morgan fingerprint density at radius 3 is 3.06 bits per heavy atom. The van der Waals surface area contributed by atoms with Crippen LogP contribution < -0.4 is 14.8 Å². The molecule has 1 aromatic carbocycles. The van der Waals surface area contributed by atoms with Gasteiger partial charge in [-0.2, -0.15) is 5.10 Å². The summed E-state index contributed by atoms with van der Waals surface area (Å²) in [5, 5.41) is 9.89. The lowest BCUT2D eigenvalue weighted by Gasteiger charge is -2.21. The van der Waals surface area contributed by atoms with Crippen molar-refractivity contribution in [1.29, 1.82) is 0 Å². The molecule has 0 amide bonds. The van der Waals surface area contributed by atoms with Crippen LogP contribution in [0, 0.1) is 0 Å². The van der Waals surface area contributed by atoms with Gasteiger partial charge in [-0.1, -0.05) is 12.1 Å². The predicted molar refractivity (Wildman–Crippen MR) is 64.4 cm³/mol. The fourth-order valence-corrected chi connectivity index (χ4v) is 1.90. The first-order valence-corrected chi connectivity index (χ1v) is 5.86. The van der Waals surface area contributed by atoms with E-state index in [-0.39, 0.29) is 0 Å². The monoisotopic (exact) mass is 246 g/mol. The Hall–Kier alpha value is -2.08. The van der Waals surface area contributed by atoms with Gasteiger partial charge in [0.15, 0.2) is 11.5 Å². The van der Waals surface area contributed by atoms with Crippen LogP contribution in [0.3, 0.4) is 0 Å². The molecule has 3 rings (SSSR count). The lowest BCUT2D eigenvalue weighted by molar-refractivity contribution is 0.169. The molecule has 0 fully saturated rings. The van der Waals surface area contributed by atoms with E-state index in [1.54, 1.807) is 0 Å². The first kappa shape index (κ1) is 11.0. The number of hydrogen-bond donors (Lipinski definition) is 2. The van der Waals surface area contributed by atoms with Crippen LogP contribution in [0.1, 0.15) is 11.4 Å². The van der Waals surface area contributed by atoms with Gasteiger partial charge in [-0.3, -0.25) is 5.10 Å². The molecule has 6 heteroatoms. The molecule has 1 aliphatic rings. The number of aromatic nitrogens is 3. The van der Waals surface area contributed by atoms with Crippen molar-refractivity contribution in [1.82, 2.24) is 20.5 Å². The third-order valence-electron chi connectivity index (χ3n) is 2.72. The van der Waals surface area contributed by atoms with Crippen LogP contribution in [-0.2, 0) is 13.1 Å². The van der Waals surface area contributed by atoms with E-state index < -0.39 is 0 Å². The van der Waals surface area contributed by atoms with Crippen LogP contribution in [-0.4, -0.2) is 28.4 Å². The zero-order valence-electron chi connectivity index (χ0n) is 9.85. The summed E-state index contributed by atoms with van der Waals surface area (Å²) in [6.07, 6.45) is 1.50. The van der Waals surface area contributed by atoms with E-state index in [0.29, 0.717) is 26.3 Å². The number of para-hydroxylation sites is 1. The minimum atomic E-state index is 0.603. The first-order valence-electron chi connectivity index (χ1n) is 5.86. The molecule has 1 aromatic heterocycles. The van der Waals surface area contributed by atoms with E-state index in [1.165, 1.54) is 6.33 Å². The van der Waals surface area contributed by atoms with E-state index in [9.17, 15) is 0 Å². The highest BCUT2D eigenvalue weighted by molar-refractivity contribution is 5.47. The van der Waals surface area contributed by atoms with Gasteiger partial charge in [-0.05, 0) is 6.07 Å². The van der Waals surface area contributed by atoms with Crippen LogP contribution in [0.5, 0.6) is 11.5 Å². The van der Waals surface area contributed by atoms with Gasteiger partial charge in [0, 0.05) is 12.1 Å². The summed E-state index contributed by atoms with van der Waals surface area (Å²) >= 11 is 0. The number of H-pyrrole nitrogens is 1. The van der Waals surface area contributed by atoms with Gasteiger partial charge in [0.2, 0.25) is 0 Å². The fourth-order valence-electron chi connectivity index (χ4n) is 1.90. The van der Waals surface area contributed by atoms with E-state index in [0.717, 1.165) is 22.9 Å². The number of hydrogen-bond acceptors (Lipinski definition) is 5. The average molecular weight is 246 g/mol. The van der Waals surface area contributed by atoms with Crippen molar-refractivity contribution in [3.05, 3.63) is 35.9 Å². The second-order valence-corrected chi connectivity index (χ2v) is 3.98. The highest BCUT2D eigenvalue weighted by atomic mass is 16.6. The molecule has 2 heterocycles. The Morgan fingerprint density at radius 2 is 2.17 bits per heavy atom. The molecule has 2 N–H and O–H groups in total. The summed E-state index contributed by atoms with van der Waals surface area (Å²) < 4.78 is 11.2. The summed E-state index contributed by atoms with van der Waals surface area (Å²) in [4.78, 5) is 4.05. The van der Waals surface area contributed by atoms with Crippen LogP contribution in [0.4, 0.5) is 0 Å². The quantitative estimate of drug-likeness (QED) is 0.837. The van der Waals surface area contributed by atoms with Crippen molar-refractivity contribution in [3.63, 3.8) is 0 Å². The Labute approximate surface area is 104 Å². The summed E-state index contributed by atoms with van der Waals surface area (Å²) in [6, 6.07) is 5.92. The number of rotatable bonds is 4. The summed E-state index contributed by atoms with van der Waals surface area (Å²) in [5.74, 6) is 2.48. The minimum absolute atomic E-state index is 0.603. The molecule has 18 heavy (non-hydrogen) atoms. The number of fused-ring (bicyclic) bond motifs is 1. The van der Waals surface area contributed by atoms with Gasteiger partial charge in [-0.25, -0.2) is 4.98 Å². The maximum Gasteiger partial charge on any atom is 0.165 e. The van der Waals surface area contributed by atoms with Crippen molar-refractivity contribution in [2.75, 3.05) is 13.2 Å². The van der Waals surface area contributed by atoms with Crippen LogP contribution in [0.25, 0.3) is 0 Å². The number of aromatic amines is 1. The van der Waals surface area contributed by atoms with Crippen LogP contribution >= 0.6 is 0 Å². The molecule has 0 unspecified atom stereocenters. The van der Waals surface area contributed by atoms with Gasteiger partial charge in [0.25, 0.3) is 0 Å². The molecular weight excluding hydrogens is 232 g/mol. The number of ether oxygens (including phenoxy) is 2. The van der Waals surface area contributed by atoms with Gasteiger partial charge < -0.3 is 14.8 Å². The standard InChI is InChI=1S/C12H14N4O2/c1-2-9(6-13-7-11-14-8-15-16-11)12-10(3-1)17-4-5-18-12/h1-3,8,13H,4-7H2,(H,14,15,16). The van der Waals surface area contributed by atoms with Crippen molar-refractivity contribution in [3.8, 4) is 11.5 Å². The molecule has 0 spiro atoms. The van der Waals surface area contributed by atoms with Gasteiger partial charge in [0.1, 0.15) is 25.4 Å². The topological polar surface area (TPSA) is 72.1 Å². The third-order valence-corrected chi connectivity index (χ3v) is 2.72. The lowest BCUT2D eigenvalue weighted by atomic mass is 10.1. The smallest absolute Gasteiger partial charge is 0.165 e. The zero-order chi connectivity index (χ0) is 12.2. The Kier molecular flexibility index (Phi) is 3.10. The predicted octanol–water partition coefficient (Wildman–Crippen LogP) is 0.866.